The van der Waals surface area contributed by atoms with Crippen LogP contribution in [0.25, 0.3) is 0 Å². The minimum Gasteiger partial charge on any atom is -0.389 e. The molecular formula is C13H17ClFNO2. The highest BCUT2D eigenvalue weighted by atomic mass is 35.5. The zero-order valence-corrected chi connectivity index (χ0v) is 10.8. The van der Waals surface area contributed by atoms with Gasteiger partial charge in [-0.05, 0) is 6.07 Å². The maximum atomic E-state index is 12.3. The first kappa shape index (κ1) is 13.7. The van der Waals surface area contributed by atoms with Crippen LogP contribution in [0.3, 0.4) is 0 Å². The van der Waals surface area contributed by atoms with Gasteiger partial charge in [0.15, 0.2) is 0 Å². The topological polar surface area (TPSA) is 32.7 Å². The van der Waals surface area contributed by atoms with Gasteiger partial charge in [-0.15, -0.1) is 0 Å². The number of hydrogen-bond donors (Lipinski definition) is 1. The van der Waals surface area contributed by atoms with Gasteiger partial charge >= 0.3 is 0 Å². The molecule has 18 heavy (non-hydrogen) atoms. The Morgan fingerprint density at radius 3 is 3.00 bits per heavy atom. The molecule has 0 saturated carbocycles. The molecule has 1 aliphatic heterocycles. The van der Waals surface area contributed by atoms with Gasteiger partial charge in [0.05, 0.1) is 18.8 Å². The van der Waals surface area contributed by atoms with Gasteiger partial charge < -0.3 is 9.84 Å². The molecule has 1 saturated heterocycles. The van der Waals surface area contributed by atoms with E-state index in [4.69, 9.17) is 16.3 Å². The lowest BCUT2D eigenvalue weighted by Crippen LogP contribution is -2.42. The van der Waals surface area contributed by atoms with Crippen molar-refractivity contribution in [1.82, 2.24) is 4.90 Å². The molecule has 0 aliphatic carbocycles. The molecule has 0 radical (unpaired) electrons. The van der Waals surface area contributed by atoms with E-state index in [1.54, 1.807) is 0 Å². The number of aliphatic hydroxyl groups excluding tert-OH is 1. The molecule has 1 aromatic carbocycles. The Morgan fingerprint density at radius 1 is 1.50 bits per heavy atom. The van der Waals surface area contributed by atoms with E-state index in [1.807, 2.05) is 29.2 Å². The highest BCUT2D eigenvalue weighted by Gasteiger charge is 2.24. The van der Waals surface area contributed by atoms with Crippen LogP contribution in [-0.4, -0.2) is 49.0 Å². The summed E-state index contributed by atoms with van der Waals surface area (Å²) in [5.74, 6) is 0. The molecule has 3 nitrogen and oxygen atoms in total. The normalized spacial score (nSPS) is 22.9. The fourth-order valence-electron chi connectivity index (χ4n) is 2.14. The molecule has 1 aromatic rings. The Morgan fingerprint density at radius 2 is 2.28 bits per heavy atom. The lowest BCUT2D eigenvalue weighted by atomic mass is 10.1. The van der Waals surface area contributed by atoms with E-state index in [2.05, 4.69) is 0 Å². The van der Waals surface area contributed by atoms with E-state index >= 15 is 0 Å². The standard InChI is InChI=1S/C13H17ClFNO2/c14-12-4-2-1-3-11(12)13-9-16(5-6-18-13)8-10(17)7-15/h1-4,10,13,17H,5-9H2. The van der Waals surface area contributed by atoms with E-state index < -0.39 is 12.8 Å². The van der Waals surface area contributed by atoms with Gasteiger partial charge in [0, 0.05) is 30.2 Å². The van der Waals surface area contributed by atoms with Crippen molar-refractivity contribution in [2.75, 3.05) is 32.9 Å². The number of halogens is 2. The summed E-state index contributed by atoms with van der Waals surface area (Å²) < 4.78 is 18.0. The van der Waals surface area contributed by atoms with Crippen LogP contribution < -0.4 is 0 Å². The maximum absolute atomic E-state index is 12.3. The Hall–Kier alpha value is -0.680. The largest absolute Gasteiger partial charge is 0.389 e. The SMILES string of the molecule is OC(CF)CN1CCOC(c2ccccc2Cl)C1. The van der Waals surface area contributed by atoms with Crippen LogP contribution in [0.4, 0.5) is 4.39 Å². The predicted molar refractivity (Wildman–Crippen MR) is 68.6 cm³/mol. The summed E-state index contributed by atoms with van der Waals surface area (Å²) in [5, 5.41) is 10.0. The van der Waals surface area contributed by atoms with Gasteiger partial charge in [-0.25, -0.2) is 4.39 Å². The molecule has 1 heterocycles. The van der Waals surface area contributed by atoms with Gasteiger partial charge in [0.2, 0.25) is 0 Å². The molecule has 0 bridgehead atoms. The number of hydrogen-bond acceptors (Lipinski definition) is 3. The third-order valence-electron chi connectivity index (χ3n) is 3.05. The second-order valence-corrected chi connectivity index (χ2v) is 4.86. The highest BCUT2D eigenvalue weighted by Crippen LogP contribution is 2.28. The van der Waals surface area contributed by atoms with Crippen LogP contribution in [0, 0.1) is 0 Å². The van der Waals surface area contributed by atoms with Gasteiger partial charge in [0.1, 0.15) is 6.67 Å². The Balaban J connectivity index is 2.00. The van der Waals surface area contributed by atoms with Crippen molar-refractivity contribution in [3.63, 3.8) is 0 Å². The number of aliphatic hydroxyl groups is 1. The van der Waals surface area contributed by atoms with E-state index in [1.165, 1.54) is 0 Å². The fourth-order valence-corrected chi connectivity index (χ4v) is 2.40. The summed E-state index contributed by atoms with van der Waals surface area (Å²) in [7, 11) is 0. The quantitative estimate of drug-likeness (QED) is 0.911. The molecule has 1 N–H and O–H groups in total. The highest BCUT2D eigenvalue weighted by molar-refractivity contribution is 6.31. The van der Waals surface area contributed by atoms with Crippen molar-refractivity contribution in [3.05, 3.63) is 34.9 Å². The average Bonchev–Trinajstić information content (AvgIpc) is 2.39. The molecule has 0 spiro atoms. The molecule has 1 aliphatic rings. The number of alkyl halides is 1. The summed E-state index contributed by atoms with van der Waals surface area (Å²) >= 11 is 6.13. The molecule has 0 amide bonds. The van der Waals surface area contributed by atoms with Crippen LogP contribution in [0.15, 0.2) is 24.3 Å². The second kappa shape index (κ2) is 6.48. The van der Waals surface area contributed by atoms with Crippen molar-refractivity contribution in [3.8, 4) is 0 Å². The molecule has 2 unspecified atom stereocenters. The van der Waals surface area contributed by atoms with Crippen molar-refractivity contribution in [2.45, 2.75) is 12.2 Å². The first-order valence-electron chi connectivity index (χ1n) is 6.03. The smallest absolute Gasteiger partial charge is 0.117 e. The second-order valence-electron chi connectivity index (χ2n) is 4.45. The van der Waals surface area contributed by atoms with Crippen LogP contribution in [0.2, 0.25) is 5.02 Å². The average molecular weight is 274 g/mol. The zero-order valence-electron chi connectivity index (χ0n) is 10.1. The Bertz CT molecular complexity index is 391. The van der Waals surface area contributed by atoms with Gasteiger partial charge in [0.25, 0.3) is 0 Å². The van der Waals surface area contributed by atoms with Gasteiger partial charge in [-0.1, -0.05) is 29.8 Å². The van der Waals surface area contributed by atoms with E-state index in [0.717, 1.165) is 5.56 Å². The third-order valence-corrected chi connectivity index (χ3v) is 3.39. The number of ether oxygens (including phenoxy) is 1. The Labute approximate surface area is 111 Å². The van der Waals surface area contributed by atoms with E-state index in [9.17, 15) is 9.50 Å². The predicted octanol–water partition coefficient (Wildman–Crippen LogP) is 2.04. The number of benzene rings is 1. The summed E-state index contributed by atoms with van der Waals surface area (Å²) in [6.07, 6.45) is -1.03. The minimum absolute atomic E-state index is 0.112. The Kier molecular flexibility index (Phi) is 4.95. The van der Waals surface area contributed by atoms with Crippen molar-refractivity contribution in [2.24, 2.45) is 0 Å². The van der Waals surface area contributed by atoms with Crippen LogP contribution >= 0.6 is 11.6 Å². The van der Waals surface area contributed by atoms with Crippen LogP contribution in [-0.2, 0) is 4.74 Å². The van der Waals surface area contributed by atoms with E-state index in [0.29, 0.717) is 31.3 Å². The van der Waals surface area contributed by atoms with Crippen molar-refractivity contribution in [1.29, 1.82) is 0 Å². The van der Waals surface area contributed by atoms with Gasteiger partial charge in [-0.3, -0.25) is 4.90 Å². The summed E-state index contributed by atoms with van der Waals surface area (Å²) in [6.45, 7) is 1.52. The number of nitrogens with zero attached hydrogens (tertiary/aromatic N) is 1. The monoisotopic (exact) mass is 273 g/mol. The molecule has 100 valence electrons. The number of β-amino-alcohol motifs (C(OH)–C–C–N with tert-alkyl or cyclic N) is 1. The minimum atomic E-state index is -0.921. The zero-order chi connectivity index (χ0) is 13.0. The first-order chi connectivity index (χ1) is 8.70. The molecule has 1 fully saturated rings. The molecule has 5 heteroatoms. The first-order valence-corrected chi connectivity index (χ1v) is 6.41. The number of rotatable bonds is 4. The van der Waals surface area contributed by atoms with Gasteiger partial charge in [-0.2, -0.15) is 0 Å². The van der Waals surface area contributed by atoms with E-state index in [-0.39, 0.29) is 6.10 Å². The lowest BCUT2D eigenvalue weighted by Gasteiger charge is -2.34. The van der Waals surface area contributed by atoms with Crippen molar-refractivity contribution < 1.29 is 14.2 Å². The maximum Gasteiger partial charge on any atom is 0.117 e. The summed E-state index contributed by atoms with van der Waals surface area (Å²) in [5.41, 5.74) is 0.943. The van der Waals surface area contributed by atoms with Crippen LogP contribution in [0.5, 0.6) is 0 Å². The van der Waals surface area contributed by atoms with Crippen LogP contribution in [0.1, 0.15) is 11.7 Å². The van der Waals surface area contributed by atoms with Crippen molar-refractivity contribution >= 4 is 11.6 Å². The molecule has 2 rings (SSSR count). The molecule has 0 aromatic heterocycles. The molecule has 2 atom stereocenters. The molecular weight excluding hydrogens is 257 g/mol. The summed E-state index contributed by atoms with van der Waals surface area (Å²) in [6, 6.07) is 7.55. The number of morpholine rings is 1. The lowest BCUT2D eigenvalue weighted by molar-refractivity contribution is -0.0438. The third kappa shape index (κ3) is 3.42. The summed E-state index contributed by atoms with van der Waals surface area (Å²) in [4.78, 5) is 2.00. The fraction of sp³-hybridized carbons (Fsp3) is 0.538.